The Morgan fingerprint density at radius 2 is 2.17 bits per heavy atom. The van der Waals surface area contributed by atoms with Gasteiger partial charge in [0.05, 0.1) is 18.4 Å². The van der Waals surface area contributed by atoms with Crippen LogP contribution in [0.4, 0.5) is 0 Å². The highest BCUT2D eigenvalue weighted by atomic mass is 16.5. The van der Waals surface area contributed by atoms with Gasteiger partial charge in [0.1, 0.15) is 11.2 Å². The van der Waals surface area contributed by atoms with E-state index in [1.165, 1.54) is 0 Å². The van der Waals surface area contributed by atoms with Crippen molar-refractivity contribution >= 4 is 11.6 Å². The number of imidazole rings is 1. The van der Waals surface area contributed by atoms with Crippen molar-refractivity contribution in [3.05, 3.63) is 24.2 Å². The molecule has 3 rings (SSSR count). The summed E-state index contributed by atoms with van der Waals surface area (Å²) >= 11 is 0. The molecule has 1 aliphatic heterocycles. The molecule has 6 heteroatoms. The minimum absolute atomic E-state index is 0.0576. The minimum Gasteiger partial charge on any atom is -0.371 e. The Labute approximate surface area is 143 Å². The lowest BCUT2D eigenvalue weighted by Gasteiger charge is -2.39. The summed E-state index contributed by atoms with van der Waals surface area (Å²) in [7, 11) is 1.94. The lowest BCUT2D eigenvalue weighted by molar-refractivity contribution is -0.0962. The van der Waals surface area contributed by atoms with E-state index < -0.39 is 0 Å². The number of fused-ring (bicyclic) bond motifs is 1. The van der Waals surface area contributed by atoms with E-state index in [0.29, 0.717) is 24.6 Å². The zero-order chi connectivity index (χ0) is 17.3. The molecule has 2 aromatic rings. The van der Waals surface area contributed by atoms with Crippen LogP contribution >= 0.6 is 0 Å². The molecule has 24 heavy (non-hydrogen) atoms. The largest absolute Gasteiger partial charge is 0.371 e. The number of aryl methyl sites for hydroxylation is 1. The molecule has 0 aromatic carbocycles. The summed E-state index contributed by atoms with van der Waals surface area (Å²) in [6, 6.07) is 0. The first-order valence-electron chi connectivity index (χ1n) is 8.94. The molecule has 3 heterocycles. The number of nitrogens with zero attached hydrogens (tertiary/aromatic N) is 4. The standard InChI is InChI=1S/C18H28N4O2/c1-5-6-7-14-11-21(12-16(24-14)13(2)3)18(23)15-10-19-22-9-8-20(4)17(15)22/h8-10,13-14,16H,5-7,11-12H2,1-4H3/t14-,16-/m1/s1. The monoisotopic (exact) mass is 332 g/mol. The number of ether oxygens (including phenoxy) is 1. The van der Waals surface area contributed by atoms with E-state index in [0.717, 1.165) is 24.9 Å². The van der Waals surface area contributed by atoms with Crippen molar-refractivity contribution in [3.63, 3.8) is 0 Å². The topological polar surface area (TPSA) is 51.8 Å². The Balaban J connectivity index is 1.82. The lowest BCUT2D eigenvalue weighted by atomic mass is 10.0. The SMILES string of the molecule is CCCC[C@@H]1CN(C(=O)c2cnn3ccn(C)c23)C[C@H](C(C)C)O1. The van der Waals surface area contributed by atoms with Crippen LogP contribution in [-0.2, 0) is 11.8 Å². The van der Waals surface area contributed by atoms with Gasteiger partial charge < -0.3 is 14.2 Å². The molecule has 2 atom stereocenters. The third kappa shape index (κ3) is 3.20. The maximum Gasteiger partial charge on any atom is 0.259 e. The maximum absolute atomic E-state index is 13.1. The van der Waals surface area contributed by atoms with Crippen LogP contribution in [0.5, 0.6) is 0 Å². The average Bonchev–Trinajstić information content (AvgIpc) is 3.15. The van der Waals surface area contributed by atoms with Crippen LogP contribution < -0.4 is 0 Å². The van der Waals surface area contributed by atoms with Crippen molar-refractivity contribution in [1.82, 2.24) is 19.1 Å². The predicted octanol–water partition coefficient (Wildman–Crippen LogP) is 2.73. The molecule has 0 saturated carbocycles. The quantitative estimate of drug-likeness (QED) is 0.846. The third-order valence-electron chi connectivity index (χ3n) is 4.87. The normalized spacial score (nSPS) is 21.8. The second kappa shape index (κ2) is 6.97. The van der Waals surface area contributed by atoms with E-state index >= 15 is 0 Å². The first kappa shape index (κ1) is 17.0. The van der Waals surface area contributed by atoms with Crippen LogP contribution in [0.1, 0.15) is 50.4 Å². The first-order valence-corrected chi connectivity index (χ1v) is 8.94. The van der Waals surface area contributed by atoms with Gasteiger partial charge in [0.15, 0.2) is 0 Å². The van der Waals surface area contributed by atoms with Gasteiger partial charge >= 0.3 is 0 Å². The van der Waals surface area contributed by atoms with E-state index in [4.69, 9.17) is 4.74 Å². The van der Waals surface area contributed by atoms with Gasteiger partial charge in [0, 0.05) is 32.5 Å². The van der Waals surface area contributed by atoms with Crippen molar-refractivity contribution in [2.24, 2.45) is 13.0 Å². The number of morpholine rings is 1. The maximum atomic E-state index is 13.1. The fourth-order valence-electron chi connectivity index (χ4n) is 3.37. The lowest BCUT2D eigenvalue weighted by Crippen LogP contribution is -2.51. The number of unbranched alkanes of at least 4 members (excludes halogenated alkanes) is 1. The number of carbonyl (C=O) groups is 1. The van der Waals surface area contributed by atoms with Crippen LogP contribution in [0, 0.1) is 5.92 Å². The highest BCUT2D eigenvalue weighted by molar-refractivity contribution is 5.99. The van der Waals surface area contributed by atoms with Gasteiger partial charge in [-0.3, -0.25) is 4.79 Å². The summed E-state index contributed by atoms with van der Waals surface area (Å²) in [5.41, 5.74) is 1.51. The molecule has 6 nitrogen and oxygen atoms in total. The molecule has 0 N–H and O–H groups in total. The summed E-state index contributed by atoms with van der Waals surface area (Å²) in [4.78, 5) is 15.1. The second-order valence-electron chi connectivity index (χ2n) is 7.13. The number of carbonyl (C=O) groups excluding carboxylic acids is 1. The van der Waals surface area contributed by atoms with E-state index in [-0.39, 0.29) is 18.1 Å². The number of hydrogen-bond donors (Lipinski definition) is 0. The molecule has 0 unspecified atom stereocenters. The minimum atomic E-state index is 0.0576. The molecule has 1 amide bonds. The van der Waals surface area contributed by atoms with Gasteiger partial charge in [-0.1, -0.05) is 33.6 Å². The highest BCUT2D eigenvalue weighted by Gasteiger charge is 2.33. The van der Waals surface area contributed by atoms with Crippen molar-refractivity contribution < 1.29 is 9.53 Å². The van der Waals surface area contributed by atoms with E-state index in [2.05, 4.69) is 25.9 Å². The van der Waals surface area contributed by atoms with E-state index in [1.807, 2.05) is 28.9 Å². The fourth-order valence-corrected chi connectivity index (χ4v) is 3.37. The zero-order valence-electron chi connectivity index (χ0n) is 15.1. The Morgan fingerprint density at radius 1 is 1.38 bits per heavy atom. The van der Waals surface area contributed by atoms with Gasteiger partial charge in [-0.05, 0) is 12.3 Å². The van der Waals surface area contributed by atoms with Gasteiger partial charge in [0.2, 0.25) is 0 Å². The smallest absolute Gasteiger partial charge is 0.259 e. The number of aromatic nitrogens is 3. The van der Waals surface area contributed by atoms with Crippen molar-refractivity contribution in [3.8, 4) is 0 Å². The van der Waals surface area contributed by atoms with Crippen molar-refractivity contribution in [2.45, 2.75) is 52.2 Å². The summed E-state index contributed by atoms with van der Waals surface area (Å²) < 4.78 is 9.92. The Kier molecular flexibility index (Phi) is 4.94. The molecule has 2 aromatic heterocycles. The summed E-state index contributed by atoms with van der Waals surface area (Å²) in [5, 5.41) is 4.30. The van der Waals surface area contributed by atoms with Crippen LogP contribution in [-0.4, -0.2) is 50.3 Å². The van der Waals surface area contributed by atoms with Crippen molar-refractivity contribution in [2.75, 3.05) is 13.1 Å². The molecular weight excluding hydrogens is 304 g/mol. The third-order valence-corrected chi connectivity index (χ3v) is 4.87. The van der Waals surface area contributed by atoms with E-state index in [1.54, 1.807) is 10.7 Å². The van der Waals surface area contributed by atoms with Crippen LogP contribution in [0.2, 0.25) is 0 Å². The molecular formula is C18H28N4O2. The fraction of sp³-hybridized carbons (Fsp3) is 0.667. The van der Waals surface area contributed by atoms with Crippen LogP contribution in [0.15, 0.2) is 18.6 Å². The Bertz CT molecular complexity index is 703. The predicted molar refractivity (Wildman–Crippen MR) is 93.1 cm³/mol. The molecule has 1 aliphatic rings. The molecule has 0 aliphatic carbocycles. The first-order chi connectivity index (χ1) is 11.5. The van der Waals surface area contributed by atoms with Gasteiger partial charge in [-0.15, -0.1) is 0 Å². The molecule has 1 saturated heterocycles. The summed E-state index contributed by atoms with van der Waals surface area (Å²) in [5.74, 6) is 0.453. The van der Waals surface area contributed by atoms with Crippen LogP contribution in [0.25, 0.3) is 5.65 Å². The molecule has 132 valence electrons. The number of rotatable bonds is 5. The Morgan fingerprint density at radius 3 is 2.88 bits per heavy atom. The van der Waals surface area contributed by atoms with Gasteiger partial charge in [0.25, 0.3) is 5.91 Å². The summed E-state index contributed by atoms with van der Waals surface area (Å²) in [6.45, 7) is 7.82. The van der Waals surface area contributed by atoms with E-state index in [9.17, 15) is 4.79 Å². The number of amides is 1. The average molecular weight is 332 g/mol. The molecule has 0 radical (unpaired) electrons. The number of hydrogen-bond acceptors (Lipinski definition) is 3. The Hall–Kier alpha value is -1.82. The molecule has 0 bridgehead atoms. The van der Waals surface area contributed by atoms with Crippen LogP contribution in [0.3, 0.4) is 0 Å². The second-order valence-corrected chi connectivity index (χ2v) is 7.13. The van der Waals surface area contributed by atoms with Gasteiger partial charge in [-0.25, -0.2) is 4.52 Å². The highest BCUT2D eigenvalue weighted by Crippen LogP contribution is 2.23. The van der Waals surface area contributed by atoms with Gasteiger partial charge in [-0.2, -0.15) is 5.10 Å². The molecule has 1 fully saturated rings. The van der Waals surface area contributed by atoms with Crippen molar-refractivity contribution in [1.29, 1.82) is 0 Å². The summed E-state index contributed by atoms with van der Waals surface area (Å²) in [6.07, 6.45) is 8.99. The molecule has 0 spiro atoms. The zero-order valence-corrected chi connectivity index (χ0v) is 15.1.